The summed E-state index contributed by atoms with van der Waals surface area (Å²) >= 11 is 0. The number of amides is 4. The number of anilines is 1. The van der Waals surface area contributed by atoms with Gasteiger partial charge in [0.25, 0.3) is 0 Å². The Morgan fingerprint density at radius 2 is 1.85 bits per heavy atom. The molecule has 9 nitrogen and oxygen atoms in total. The first kappa shape index (κ1) is 30.9. The average molecular weight is 564 g/mol. The normalized spacial score (nSPS) is 22.0. The zero-order valence-corrected chi connectivity index (χ0v) is 23.6. The SMILES string of the molecule is CC(C)C[C@@H](C(=O)N1C[C@]2(C[C@H]1C#N)C(=O)Nc1ccccc12)N(C)C(=O)[C@H](CC(C)(C)C)NC(=O)C(F)(F)F. The number of nitrogens with zero attached hydrogens (tertiary/aromatic N) is 3. The van der Waals surface area contributed by atoms with Crippen LogP contribution < -0.4 is 10.6 Å². The molecule has 0 unspecified atom stereocenters. The van der Waals surface area contributed by atoms with Gasteiger partial charge in [-0.15, -0.1) is 0 Å². The van der Waals surface area contributed by atoms with E-state index in [2.05, 4.69) is 11.4 Å². The van der Waals surface area contributed by atoms with Crippen LogP contribution in [0.3, 0.4) is 0 Å². The lowest BCUT2D eigenvalue weighted by Gasteiger charge is -2.36. The number of rotatable bonds is 7. The number of para-hydroxylation sites is 1. The molecule has 0 radical (unpaired) electrons. The second-order valence-electron chi connectivity index (χ2n) is 12.3. The largest absolute Gasteiger partial charge is 0.471 e. The molecule has 1 saturated heterocycles. The van der Waals surface area contributed by atoms with E-state index < -0.39 is 52.9 Å². The van der Waals surface area contributed by atoms with E-state index in [1.54, 1.807) is 50.4 Å². The standard InChI is InChI=1S/C28H36F3N5O4/c1-16(2)11-21(35(6)22(37)20(13-26(3,4)5)34-25(40)28(29,30)31)23(38)36-15-27(12-17(36)14-32)18-9-7-8-10-19(18)33-24(27)39/h7-10,16-17,20-21H,11-13,15H2,1-6H3,(H,33,39)(H,34,40)/t17-,20-,21-,27-/m0/s1. The number of nitrogens with one attached hydrogen (secondary N) is 2. The summed E-state index contributed by atoms with van der Waals surface area (Å²) in [5.41, 5.74) is -0.475. The molecule has 2 N–H and O–H groups in total. The van der Waals surface area contributed by atoms with Crippen molar-refractivity contribution in [2.45, 2.75) is 83.6 Å². The van der Waals surface area contributed by atoms with Crippen LogP contribution in [-0.4, -0.2) is 71.3 Å². The lowest BCUT2D eigenvalue weighted by molar-refractivity contribution is -0.175. The molecular weight excluding hydrogens is 527 g/mol. The molecule has 4 atom stereocenters. The number of carbonyl (C=O) groups excluding carboxylic acids is 4. The van der Waals surface area contributed by atoms with Crippen LogP contribution >= 0.6 is 0 Å². The van der Waals surface area contributed by atoms with Crippen LogP contribution in [0, 0.1) is 22.7 Å². The zero-order chi connectivity index (χ0) is 30.2. The Bertz CT molecular complexity index is 1220. The Labute approximate surface area is 232 Å². The fourth-order valence-corrected chi connectivity index (χ4v) is 5.50. The Hall–Kier alpha value is -3.62. The van der Waals surface area contributed by atoms with E-state index in [-0.39, 0.29) is 37.6 Å². The molecule has 0 aromatic heterocycles. The maximum Gasteiger partial charge on any atom is 0.471 e. The van der Waals surface area contributed by atoms with Gasteiger partial charge in [0.15, 0.2) is 0 Å². The van der Waals surface area contributed by atoms with E-state index in [0.717, 1.165) is 4.90 Å². The van der Waals surface area contributed by atoms with Crippen molar-refractivity contribution in [3.8, 4) is 6.07 Å². The van der Waals surface area contributed by atoms with E-state index in [0.29, 0.717) is 11.3 Å². The number of nitriles is 1. The molecule has 1 fully saturated rings. The predicted octanol–water partition coefficient (Wildman–Crippen LogP) is 3.36. The van der Waals surface area contributed by atoms with Crippen molar-refractivity contribution >= 4 is 29.3 Å². The maximum absolute atomic E-state index is 14.0. The molecule has 4 amide bonds. The van der Waals surface area contributed by atoms with Gasteiger partial charge < -0.3 is 20.4 Å². The maximum atomic E-state index is 14.0. The summed E-state index contributed by atoms with van der Waals surface area (Å²) in [4.78, 5) is 54.9. The van der Waals surface area contributed by atoms with E-state index in [1.807, 2.05) is 13.8 Å². The van der Waals surface area contributed by atoms with Crippen molar-refractivity contribution in [2.75, 3.05) is 18.9 Å². The van der Waals surface area contributed by atoms with E-state index >= 15 is 0 Å². The number of likely N-dealkylation sites (tertiary alicyclic amines) is 1. The quantitative estimate of drug-likeness (QED) is 0.527. The lowest BCUT2D eigenvalue weighted by Crippen LogP contribution is -2.57. The number of benzene rings is 1. The number of hydrogen-bond acceptors (Lipinski definition) is 5. The highest BCUT2D eigenvalue weighted by Gasteiger charge is 2.57. The van der Waals surface area contributed by atoms with E-state index in [9.17, 15) is 37.6 Å². The van der Waals surface area contributed by atoms with Gasteiger partial charge >= 0.3 is 12.1 Å². The number of fused-ring (bicyclic) bond motifs is 2. The van der Waals surface area contributed by atoms with Crippen molar-refractivity contribution in [3.63, 3.8) is 0 Å². The molecule has 0 bridgehead atoms. The molecule has 0 aliphatic carbocycles. The average Bonchev–Trinajstić information content (AvgIpc) is 3.37. The third-order valence-corrected chi connectivity index (χ3v) is 7.39. The van der Waals surface area contributed by atoms with Crippen LogP contribution in [0.1, 0.15) is 59.4 Å². The van der Waals surface area contributed by atoms with Gasteiger partial charge in [-0.05, 0) is 35.8 Å². The van der Waals surface area contributed by atoms with Crippen molar-refractivity contribution < 1.29 is 32.3 Å². The number of hydrogen-bond donors (Lipinski definition) is 2. The van der Waals surface area contributed by atoms with Gasteiger partial charge in [-0.1, -0.05) is 52.8 Å². The monoisotopic (exact) mass is 563 g/mol. The lowest BCUT2D eigenvalue weighted by atomic mass is 9.80. The summed E-state index contributed by atoms with van der Waals surface area (Å²) in [5, 5.41) is 14.6. The minimum atomic E-state index is -5.19. The molecule has 40 heavy (non-hydrogen) atoms. The molecule has 3 rings (SSSR count). The van der Waals surface area contributed by atoms with Crippen LogP contribution in [0.2, 0.25) is 0 Å². The number of alkyl halides is 3. The van der Waals surface area contributed by atoms with Crippen LogP contribution in [0.25, 0.3) is 0 Å². The highest BCUT2D eigenvalue weighted by atomic mass is 19.4. The molecule has 12 heteroatoms. The predicted molar refractivity (Wildman–Crippen MR) is 141 cm³/mol. The van der Waals surface area contributed by atoms with Crippen molar-refractivity contribution in [1.29, 1.82) is 5.26 Å². The molecule has 0 saturated carbocycles. The number of likely N-dealkylation sites (N-methyl/N-ethyl adjacent to an activating group) is 1. The summed E-state index contributed by atoms with van der Waals surface area (Å²) < 4.78 is 39.2. The van der Waals surface area contributed by atoms with Crippen LogP contribution in [0.15, 0.2) is 24.3 Å². The third-order valence-electron chi connectivity index (χ3n) is 7.39. The second kappa shape index (κ2) is 11.1. The number of halogens is 3. The fraction of sp³-hybridized carbons (Fsp3) is 0.607. The Kier molecular flexibility index (Phi) is 8.58. The second-order valence-corrected chi connectivity index (χ2v) is 12.3. The van der Waals surface area contributed by atoms with Gasteiger partial charge in [-0.3, -0.25) is 19.2 Å². The molecule has 1 aromatic rings. The molecule has 2 aliphatic rings. The highest BCUT2D eigenvalue weighted by Crippen LogP contribution is 2.46. The molecular formula is C28H36F3N5O4. The summed E-state index contributed by atoms with van der Waals surface area (Å²) in [6.45, 7) is 8.72. The smallest absolute Gasteiger partial charge is 0.336 e. The van der Waals surface area contributed by atoms with Crippen LogP contribution in [0.4, 0.5) is 18.9 Å². The summed E-state index contributed by atoms with van der Waals surface area (Å²) in [6, 6.07) is 5.53. The highest BCUT2D eigenvalue weighted by molar-refractivity contribution is 6.07. The first-order chi connectivity index (χ1) is 18.4. The third kappa shape index (κ3) is 6.24. The van der Waals surface area contributed by atoms with Crippen molar-refractivity contribution in [2.24, 2.45) is 11.3 Å². The summed E-state index contributed by atoms with van der Waals surface area (Å²) in [6.07, 6.45) is -5.07. The van der Waals surface area contributed by atoms with Crippen molar-refractivity contribution in [1.82, 2.24) is 15.1 Å². The minimum Gasteiger partial charge on any atom is -0.336 e. The first-order valence-corrected chi connectivity index (χ1v) is 13.2. The Morgan fingerprint density at radius 1 is 1.23 bits per heavy atom. The van der Waals surface area contributed by atoms with Gasteiger partial charge in [0.05, 0.1) is 11.5 Å². The van der Waals surface area contributed by atoms with Gasteiger partial charge in [-0.2, -0.15) is 18.4 Å². The van der Waals surface area contributed by atoms with Gasteiger partial charge in [-0.25, -0.2) is 0 Å². The topological polar surface area (TPSA) is 123 Å². The molecule has 2 heterocycles. The van der Waals surface area contributed by atoms with Crippen LogP contribution in [0.5, 0.6) is 0 Å². The molecule has 218 valence electrons. The Balaban J connectivity index is 1.94. The number of carbonyl (C=O) groups is 4. The van der Waals surface area contributed by atoms with Gasteiger partial charge in [0, 0.05) is 25.7 Å². The van der Waals surface area contributed by atoms with E-state index in [1.165, 1.54) is 11.9 Å². The summed E-state index contributed by atoms with van der Waals surface area (Å²) in [5.74, 6) is -4.11. The zero-order valence-electron chi connectivity index (χ0n) is 23.6. The summed E-state index contributed by atoms with van der Waals surface area (Å²) in [7, 11) is 1.31. The van der Waals surface area contributed by atoms with Gasteiger partial charge in [0.1, 0.15) is 18.1 Å². The Morgan fingerprint density at radius 3 is 2.40 bits per heavy atom. The fourth-order valence-electron chi connectivity index (χ4n) is 5.50. The van der Waals surface area contributed by atoms with Gasteiger partial charge in [0.2, 0.25) is 17.7 Å². The minimum absolute atomic E-state index is 0.0679. The first-order valence-electron chi connectivity index (χ1n) is 13.2. The molecule has 1 aromatic carbocycles. The van der Waals surface area contributed by atoms with E-state index in [4.69, 9.17) is 0 Å². The molecule has 2 aliphatic heterocycles. The van der Waals surface area contributed by atoms with Crippen LogP contribution in [-0.2, 0) is 24.6 Å². The van der Waals surface area contributed by atoms with Crippen molar-refractivity contribution in [3.05, 3.63) is 29.8 Å². The molecule has 1 spiro atoms.